The number of hydrogen-bond acceptors (Lipinski definition) is 4. The third kappa shape index (κ3) is 3.70. The molecule has 106 valence electrons. The van der Waals surface area contributed by atoms with Crippen molar-refractivity contribution in [1.82, 2.24) is 10.4 Å². The Morgan fingerprint density at radius 2 is 2.05 bits per heavy atom. The number of nitrogens with two attached hydrogens (primary N) is 1. The predicted octanol–water partition coefficient (Wildman–Crippen LogP) is 2.88. The summed E-state index contributed by atoms with van der Waals surface area (Å²) in [7, 11) is 1.66. The number of pyridine rings is 1. The number of methoxy groups -OCH3 is 1. The first-order valence-corrected chi connectivity index (χ1v) is 6.81. The molecule has 0 radical (unpaired) electrons. The molecule has 0 saturated heterocycles. The molecule has 0 fully saturated rings. The van der Waals surface area contributed by atoms with Crippen molar-refractivity contribution >= 4 is 11.6 Å². The Kier molecular flexibility index (Phi) is 5.35. The summed E-state index contributed by atoms with van der Waals surface area (Å²) >= 11 is 6.14. The molecular formula is C15H18ClN3O. The lowest BCUT2D eigenvalue weighted by atomic mass is 10.0. The molecule has 0 aliphatic rings. The van der Waals surface area contributed by atoms with E-state index in [-0.39, 0.29) is 6.04 Å². The Bertz CT molecular complexity index is 545. The number of benzene rings is 1. The van der Waals surface area contributed by atoms with Crippen LogP contribution in [-0.2, 0) is 6.42 Å². The van der Waals surface area contributed by atoms with Gasteiger partial charge < -0.3 is 4.74 Å². The summed E-state index contributed by atoms with van der Waals surface area (Å²) in [4.78, 5) is 3.98. The normalized spacial score (nSPS) is 12.2. The number of halogens is 1. The van der Waals surface area contributed by atoms with E-state index in [0.717, 1.165) is 24.2 Å². The van der Waals surface area contributed by atoms with Crippen molar-refractivity contribution in [3.63, 3.8) is 0 Å². The van der Waals surface area contributed by atoms with Crippen LogP contribution in [0.15, 0.2) is 42.7 Å². The number of hydrazine groups is 1. The summed E-state index contributed by atoms with van der Waals surface area (Å²) < 4.78 is 5.14. The van der Waals surface area contributed by atoms with E-state index in [1.54, 1.807) is 19.5 Å². The van der Waals surface area contributed by atoms with E-state index in [2.05, 4.69) is 22.5 Å². The number of nitrogens with one attached hydrogen (secondary N) is 1. The Morgan fingerprint density at radius 3 is 2.65 bits per heavy atom. The summed E-state index contributed by atoms with van der Waals surface area (Å²) in [5, 5.41) is 0.630. The number of rotatable bonds is 6. The van der Waals surface area contributed by atoms with Crippen LogP contribution >= 0.6 is 11.6 Å². The molecule has 1 heterocycles. The van der Waals surface area contributed by atoms with Crippen LogP contribution in [-0.4, -0.2) is 12.1 Å². The van der Waals surface area contributed by atoms with Gasteiger partial charge >= 0.3 is 0 Å². The molecule has 4 nitrogen and oxygen atoms in total. The minimum Gasteiger partial charge on any atom is -0.497 e. The first-order chi connectivity index (χ1) is 9.74. The molecule has 0 saturated carbocycles. The highest BCUT2D eigenvalue weighted by atomic mass is 35.5. The van der Waals surface area contributed by atoms with E-state index in [1.165, 1.54) is 5.56 Å². The maximum absolute atomic E-state index is 6.14. The van der Waals surface area contributed by atoms with Gasteiger partial charge in [0.05, 0.1) is 12.1 Å². The molecule has 2 rings (SSSR count). The molecule has 3 N–H and O–H groups in total. The summed E-state index contributed by atoms with van der Waals surface area (Å²) in [6.45, 7) is 0. The van der Waals surface area contributed by atoms with Gasteiger partial charge in [-0.25, -0.2) is 0 Å². The Hall–Kier alpha value is -1.62. The molecule has 20 heavy (non-hydrogen) atoms. The van der Waals surface area contributed by atoms with Gasteiger partial charge in [0.2, 0.25) is 0 Å². The topological polar surface area (TPSA) is 60.2 Å². The van der Waals surface area contributed by atoms with Gasteiger partial charge in [0.15, 0.2) is 0 Å². The van der Waals surface area contributed by atoms with Crippen molar-refractivity contribution in [3.05, 3.63) is 58.9 Å². The van der Waals surface area contributed by atoms with Gasteiger partial charge in [0.1, 0.15) is 5.75 Å². The van der Waals surface area contributed by atoms with E-state index in [9.17, 15) is 0 Å². The minimum absolute atomic E-state index is 0.00704. The number of aryl methyl sites for hydroxylation is 1. The van der Waals surface area contributed by atoms with Crippen LogP contribution in [0, 0.1) is 0 Å². The average Bonchev–Trinajstić information content (AvgIpc) is 2.50. The van der Waals surface area contributed by atoms with Gasteiger partial charge in [-0.15, -0.1) is 0 Å². The summed E-state index contributed by atoms with van der Waals surface area (Å²) in [6, 6.07) is 9.92. The van der Waals surface area contributed by atoms with Crippen LogP contribution < -0.4 is 16.0 Å². The van der Waals surface area contributed by atoms with E-state index >= 15 is 0 Å². The van der Waals surface area contributed by atoms with Crippen molar-refractivity contribution in [2.75, 3.05) is 7.11 Å². The average molecular weight is 292 g/mol. The smallest absolute Gasteiger partial charge is 0.118 e. The molecule has 1 unspecified atom stereocenters. The number of nitrogens with zero attached hydrogens (tertiary/aromatic N) is 1. The lowest BCUT2D eigenvalue weighted by Gasteiger charge is -2.17. The highest BCUT2D eigenvalue weighted by molar-refractivity contribution is 6.31. The van der Waals surface area contributed by atoms with E-state index in [1.807, 2.05) is 18.2 Å². The molecule has 1 aromatic carbocycles. The molecule has 5 heteroatoms. The van der Waals surface area contributed by atoms with Crippen molar-refractivity contribution in [3.8, 4) is 5.75 Å². The SMILES string of the molecule is COc1ccc(CCC(NN)c2ccncc2Cl)cc1. The zero-order chi connectivity index (χ0) is 14.4. The summed E-state index contributed by atoms with van der Waals surface area (Å²) in [5.41, 5.74) is 5.02. The second-order valence-corrected chi connectivity index (χ2v) is 4.91. The second kappa shape index (κ2) is 7.24. The first-order valence-electron chi connectivity index (χ1n) is 6.43. The zero-order valence-corrected chi connectivity index (χ0v) is 12.1. The Morgan fingerprint density at radius 1 is 1.30 bits per heavy atom. The molecule has 0 aliphatic heterocycles. The predicted molar refractivity (Wildman–Crippen MR) is 80.6 cm³/mol. The molecule has 1 atom stereocenters. The first kappa shape index (κ1) is 14.8. The lowest BCUT2D eigenvalue weighted by molar-refractivity contribution is 0.414. The van der Waals surface area contributed by atoms with Crippen LogP contribution in [0.1, 0.15) is 23.6 Å². The van der Waals surface area contributed by atoms with Crippen LogP contribution in [0.3, 0.4) is 0 Å². The fourth-order valence-electron chi connectivity index (χ4n) is 2.10. The van der Waals surface area contributed by atoms with Crippen molar-refractivity contribution in [2.24, 2.45) is 5.84 Å². The van der Waals surface area contributed by atoms with Crippen LogP contribution in [0.2, 0.25) is 5.02 Å². The van der Waals surface area contributed by atoms with Crippen LogP contribution in [0.4, 0.5) is 0 Å². The highest BCUT2D eigenvalue weighted by Crippen LogP contribution is 2.25. The monoisotopic (exact) mass is 291 g/mol. The van der Waals surface area contributed by atoms with Gasteiger partial charge in [-0.2, -0.15) is 0 Å². The van der Waals surface area contributed by atoms with Gasteiger partial charge in [-0.1, -0.05) is 23.7 Å². The summed E-state index contributed by atoms with van der Waals surface area (Å²) in [6.07, 6.45) is 5.11. The standard InChI is InChI=1S/C15H18ClN3O/c1-20-12-5-2-11(3-6-12)4-7-15(19-17)13-8-9-18-10-14(13)16/h2-3,5-6,8-10,15,19H,4,7,17H2,1H3. The maximum Gasteiger partial charge on any atom is 0.118 e. The molecule has 1 aromatic heterocycles. The molecule has 0 amide bonds. The number of ether oxygens (including phenoxy) is 1. The van der Waals surface area contributed by atoms with Gasteiger partial charge in [-0.3, -0.25) is 16.3 Å². The lowest BCUT2D eigenvalue weighted by Crippen LogP contribution is -2.28. The van der Waals surface area contributed by atoms with Crippen LogP contribution in [0.5, 0.6) is 5.75 Å². The van der Waals surface area contributed by atoms with E-state index in [4.69, 9.17) is 22.2 Å². The summed E-state index contributed by atoms with van der Waals surface area (Å²) in [5.74, 6) is 6.50. The molecular weight excluding hydrogens is 274 g/mol. The van der Waals surface area contributed by atoms with Crippen molar-refractivity contribution in [2.45, 2.75) is 18.9 Å². The molecule has 2 aromatic rings. The Labute approximate surface area is 123 Å². The third-order valence-electron chi connectivity index (χ3n) is 3.26. The largest absolute Gasteiger partial charge is 0.497 e. The maximum atomic E-state index is 6.14. The number of hydrogen-bond donors (Lipinski definition) is 2. The van der Waals surface area contributed by atoms with Gasteiger partial charge in [0.25, 0.3) is 0 Å². The fourth-order valence-corrected chi connectivity index (χ4v) is 2.35. The van der Waals surface area contributed by atoms with E-state index < -0.39 is 0 Å². The molecule has 0 spiro atoms. The number of aromatic nitrogens is 1. The quantitative estimate of drug-likeness (QED) is 0.635. The van der Waals surface area contributed by atoms with Gasteiger partial charge in [-0.05, 0) is 42.2 Å². The van der Waals surface area contributed by atoms with Gasteiger partial charge in [0, 0.05) is 18.4 Å². The third-order valence-corrected chi connectivity index (χ3v) is 3.58. The van der Waals surface area contributed by atoms with Crippen molar-refractivity contribution < 1.29 is 4.74 Å². The second-order valence-electron chi connectivity index (χ2n) is 4.50. The Balaban J connectivity index is 2.02. The highest BCUT2D eigenvalue weighted by Gasteiger charge is 2.13. The van der Waals surface area contributed by atoms with Crippen molar-refractivity contribution in [1.29, 1.82) is 0 Å². The minimum atomic E-state index is 0.00704. The zero-order valence-electron chi connectivity index (χ0n) is 11.3. The fraction of sp³-hybridized carbons (Fsp3) is 0.267. The van der Waals surface area contributed by atoms with E-state index in [0.29, 0.717) is 5.02 Å². The van der Waals surface area contributed by atoms with Crippen LogP contribution in [0.25, 0.3) is 0 Å². The molecule has 0 aliphatic carbocycles. The molecule has 0 bridgehead atoms.